The van der Waals surface area contributed by atoms with E-state index < -0.39 is 29.7 Å². The van der Waals surface area contributed by atoms with Crippen molar-refractivity contribution in [2.45, 2.75) is 38.1 Å². The molecule has 2 saturated heterocycles. The molecule has 9 nitrogen and oxygen atoms in total. The molecule has 4 amide bonds. The fourth-order valence-electron chi connectivity index (χ4n) is 4.36. The lowest BCUT2D eigenvalue weighted by atomic mass is 9.95. The molecular weight excluding hydrogens is 376 g/mol. The summed E-state index contributed by atoms with van der Waals surface area (Å²) < 4.78 is 5.86. The minimum atomic E-state index is -0.977. The van der Waals surface area contributed by atoms with Gasteiger partial charge in [-0.15, -0.1) is 0 Å². The molecule has 4 heterocycles. The predicted octanol–water partition coefficient (Wildman–Crippen LogP) is 0.771. The Kier molecular flexibility index (Phi) is 4.20. The summed E-state index contributed by atoms with van der Waals surface area (Å²) in [5, 5.41) is 5.51. The number of benzene rings is 1. The van der Waals surface area contributed by atoms with Crippen LogP contribution >= 0.6 is 0 Å². The Balaban J connectivity index is 1.43. The molecule has 2 N–H and O–H groups in total. The van der Waals surface area contributed by atoms with Crippen LogP contribution in [0, 0.1) is 5.92 Å². The van der Waals surface area contributed by atoms with Gasteiger partial charge in [-0.25, -0.2) is 4.98 Å². The highest BCUT2D eigenvalue weighted by atomic mass is 16.3. The topological polar surface area (TPSA) is 122 Å². The largest absolute Gasteiger partial charge is 0.441 e. The highest BCUT2D eigenvalue weighted by molar-refractivity contribution is 6.24. The molecule has 0 unspecified atom stereocenters. The van der Waals surface area contributed by atoms with Crippen LogP contribution in [0.4, 0.5) is 0 Å². The van der Waals surface area contributed by atoms with E-state index in [0.717, 1.165) is 37.3 Å². The van der Waals surface area contributed by atoms with Gasteiger partial charge in [0, 0.05) is 12.8 Å². The molecule has 3 aliphatic heterocycles. The number of carbonyl (C=O) groups is 4. The van der Waals surface area contributed by atoms with E-state index >= 15 is 0 Å². The highest BCUT2D eigenvalue weighted by Gasteiger charge is 2.45. The third kappa shape index (κ3) is 3.02. The molecule has 0 saturated carbocycles. The first kappa shape index (κ1) is 18.0. The summed E-state index contributed by atoms with van der Waals surface area (Å²) in [7, 11) is 0. The number of nitrogens with one attached hydrogen (secondary N) is 2. The summed E-state index contributed by atoms with van der Waals surface area (Å²) in [6.45, 7) is 1.97. The third-order valence-electron chi connectivity index (χ3n) is 5.91. The predicted molar refractivity (Wildman–Crippen MR) is 100.0 cm³/mol. The average Bonchev–Trinajstić information content (AvgIpc) is 3.20. The van der Waals surface area contributed by atoms with Gasteiger partial charge < -0.3 is 9.73 Å². The van der Waals surface area contributed by atoms with Gasteiger partial charge in [0.2, 0.25) is 11.8 Å². The number of amides is 4. The second-order valence-electron chi connectivity index (χ2n) is 7.82. The van der Waals surface area contributed by atoms with E-state index in [9.17, 15) is 19.2 Å². The molecule has 2 fully saturated rings. The van der Waals surface area contributed by atoms with Crippen LogP contribution < -0.4 is 10.6 Å². The zero-order valence-electron chi connectivity index (χ0n) is 15.7. The van der Waals surface area contributed by atoms with E-state index in [2.05, 4.69) is 15.6 Å². The Bertz CT molecular complexity index is 1000. The van der Waals surface area contributed by atoms with E-state index in [-0.39, 0.29) is 24.0 Å². The molecule has 0 spiro atoms. The Morgan fingerprint density at radius 2 is 1.76 bits per heavy atom. The van der Waals surface area contributed by atoms with Crippen LogP contribution in [0.15, 0.2) is 16.5 Å². The highest BCUT2D eigenvalue weighted by Crippen LogP contribution is 2.31. The third-order valence-corrected chi connectivity index (χ3v) is 5.91. The first-order chi connectivity index (χ1) is 14.0. The Morgan fingerprint density at radius 1 is 1.03 bits per heavy atom. The first-order valence-electron chi connectivity index (χ1n) is 9.87. The maximum atomic E-state index is 12.9. The molecule has 5 rings (SSSR count). The number of hydrogen-bond donors (Lipinski definition) is 2. The van der Waals surface area contributed by atoms with Gasteiger partial charge in [-0.3, -0.25) is 29.4 Å². The fourth-order valence-corrected chi connectivity index (χ4v) is 4.36. The summed E-state index contributed by atoms with van der Waals surface area (Å²) >= 11 is 0. The van der Waals surface area contributed by atoms with E-state index in [1.54, 1.807) is 6.07 Å². The summed E-state index contributed by atoms with van der Waals surface area (Å²) in [6, 6.07) is 2.12. The van der Waals surface area contributed by atoms with Gasteiger partial charge in [-0.2, -0.15) is 0 Å². The molecule has 29 heavy (non-hydrogen) atoms. The van der Waals surface area contributed by atoms with Crippen molar-refractivity contribution in [3.8, 4) is 0 Å². The molecule has 1 aromatic heterocycles. The van der Waals surface area contributed by atoms with E-state index in [1.807, 2.05) is 0 Å². The molecule has 0 bridgehead atoms. The second-order valence-corrected chi connectivity index (χ2v) is 7.82. The Hall–Kier alpha value is -3.07. The van der Waals surface area contributed by atoms with Crippen molar-refractivity contribution >= 4 is 34.7 Å². The zero-order chi connectivity index (χ0) is 20.1. The first-order valence-corrected chi connectivity index (χ1v) is 9.87. The zero-order valence-corrected chi connectivity index (χ0v) is 15.7. The van der Waals surface area contributed by atoms with Crippen LogP contribution in [-0.4, -0.2) is 52.6 Å². The van der Waals surface area contributed by atoms with Crippen LogP contribution in [0.25, 0.3) is 11.1 Å². The number of nitrogens with zero attached hydrogens (tertiary/aromatic N) is 2. The average molecular weight is 396 g/mol. The van der Waals surface area contributed by atoms with Gasteiger partial charge in [0.05, 0.1) is 11.1 Å². The van der Waals surface area contributed by atoms with Crippen LogP contribution in [0.3, 0.4) is 0 Å². The van der Waals surface area contributed by atoms with Crippen molar-refractivity contribution in [2.24, 2.45) is 5.92 Å². The number of piperidine rings is 2. The molecule has 9 heteroatoms. The molecule has 2 aromatic rings. The normalized spacial score (nSPS) is 23.0. The Labute approximate surface area is 165 Å². The Morgan fingerprint density at radius 3 is 2.48 bits per heavy atom. The van der Waals surface area contributed by atoms with Gasteiger partial charge in [0.15, 0.2) is 11.5 Å². The van der Waals surface area contributed by atoms with E-state index in [4.69, 9.17) is 4.42 Å². The molecule has 150 valence electrons. The smallest absolute Gasteiger partial charge is 0.262 e. The number of imide groups is 2. The lowest BCUT2D eigenvalue weighted by Crippen LogP contribution is -2.54. The minimum absolute atomic E-state index is 0.0910. The van der Waals surface area contributed by atoms with Crippen molar-refractivity contribution in [1.82, 2.24) is 20.5 Å². The molecule has 3 aliphatic rings. The standard InChI is InChI=1S/C20H20N4O5/c25-16-2-1-14(18(26)23-16)24-19(27)11-8-13-15(9-12(11)20(24)28)29-17(22-13)7-10-3-5-21-6-4-10/h8-10,14,21H,1-7H2,(H,23,25,26)/t14-/m1/s1. The summed E-state index contributed by atoms with van der Waals surface area (Å²) in [5.41, 5.74) is 1.41. The van der Waals surface area contributed by atoms with E-state index in [0.29, 0.717) is 22.9 Å². The van der Waals surface area contributed by atoms with Crippen LogP contribution in [0.2, 0.25) is 0 Å². The quantitative estimate of drug-likeness (QED) is 0.735. The lowest BCUT2D eigenvalue weighted by molar-refractivity contribution is -0.136. The van der Waals surface area contributed by atoms with Crippen LogP contribution in [0.5, 0.6) is 0 Å². The van der Waals surface area contributed by atoms with Crippen molar-refractivity contribution in [3.63, 3.8) is 0 Å². The van der Waals surface area contributed by atoms with Gasteiger partial charge in [-0.05, 0) is 50.4 Å². The van der Waals surface area contributed by atoms with E-state index in [1.165, 1.54) is 6.07 Å². The number of aromatic nitrogens is 1. The summed E-state index contributed by atoms with van der Waals surface area (Å²) in [4.78, 5) is 54.7. The van der Waals surface area contributed by atoms with Crippen molar-refractivity contribution in [3.05, 3.63) is 29.2 Å². The van der Waals surface area contributed by atoms with Gasteiger partial charge in [0.25, 0.3) is 11.8 Å². The molecule has 0 radical (unpaired) electrons. The molecule has 1 aromatic carbocycles. The molecule has 0 aliphatic carbocycles. The minimum Gasteiger partial charge on any atom is -0.441 e. The number of oxazole rings is 1. The summed E-state index contributed by atoms with van der Waals surface area (Å²) in [5.74, 6) is -0.991. The molecule has 1 atom stereocenters. The maximum absolute atomic E-state index is 12.9. The second kappa shape index (κ2) is 6.77. The summed E-state index contributed by atoms with van der Waals surface area (Å²) in [6.07, 6.45) is 3.07. The van der Waals surface area contributed by atoms with Crippen molar-refractivity contribution in [1.29, 1.82) is 0 Å². The molecular formula is C20H20N4O5. The maximum Gasteiger partial charge on any atom is 0.262 e. The van der Waals surface area contributed by atoms with Crippen LogP contribution in [0.1, 0.15) is 52.3 Å². The fraction of sp³-hybridized carbons (Fsp3) is 0.450. The number of hydrogen-bond acceptors (Lipinski definition) is 7. The number of fused-ring (bicyclic) bond motifs is 2. The van der Waals surface area contributed by atoms with Gasteiger partial charge in [0.1, 0.15) is 11.6 Å². The van der Waals surface area contributed by atoms with Crippen molar-refractivity contribution < 1.29 is 23.6 Å². The lowest BCUT2D eigenvalue weighted by Gasteiger charge is -2.27. The van der Waals surface area contributed by atoms with Gasteiger partial charge in [-0.1, -0.05) is 0 Å². The van der Waals surface area contributed by atoms with Crippen molar-refractivity contribution in [2.75, 3.05) is 13.1 Å². The SMILES string of the molecule is O=C1CC[C@@H](N2C(=O)c3cc4nc(CC5CCNCC5)oc4cc3C2=O)C(=O)N1. The van der Waals surface area contributed by atoms with Crippen LogP contribution in [-0.2, 0) is 16.0 Å². The monoisotopic (exact) mass is 396 g/mol. The van der Waals surface area contributed by atoms with Gasteiger partial charge >= 0.3 is 0 Å². The number of carbonyl (C=O) groups excluding carboxylic acids is 4. The number of rotatable bonds is 3.